The van der Waals surface area contributed by atoms with Crippen molar-refractivity contribution in [2.24, 2.45) is 5.92 Å². The first-order valence-corrected chi connectivity index (χ1v) is 25.9. The van der Waals surface area contributed by atoms with Crippen molar-refractivity contribution in [3.63, 3.8) is 0 Å². The van der Waals surface area contributed by atoms with E-state index in [0.717, 1.165) is 70.7 Å². The molecule has 4 saturated heterocycles. The quantitative estimate of drug-likeness (QED) is 0.102. The zero-order valence-electron chi connectivity index (χ0n) is 43.6. The molecule has 2 N–H and O–H groups in total. The van der Waals surface area contributed by atoms with E-state index in [1.807, 2.05) is 11.8 Å². The van der Waals surface area contributed by atoms with Gasteiger partial charge in [0.25, 0.3) is 0 Å². The van der Waals surface area contributed by atoms with Crippen LogP contribution < -0.4 is 69.7 Å². The summed E-state index contributed by atoms with van der Waals surface area (Å²) in [6.45, 7) is 26.2. The van der Waals surface area contributed by atoms with E-state index < -0.39 is 48.7 Å². The Labute approximate surface area is 444 Å². The van der Waals surface area contributed by atoms with Crippen molar-refractivity contribution in [2.45, 2.75) is 174 Å². The molecule has 17 nitrogen and oxygen atoms in total. The Morgan fingerprint density at radius 1 is 0.727 bits per heavy atom. The summed E-state index contributed by atoms with van der Waals surface area (Å²) < 4.78 is 65.1. The topological polar surface area (TPSA) is 237 Å². The summed E-state index contributed by atoms with van der Waals surface area (Å²) in [6.07, 6.45) is 18.2. The standard InChI is InChI=1S/C24H45N3O5S.C8H13NO.C7H13NO4S.C6H9NO.2Na.2H/c1-6-21(26-13-9-7-8-11-18(26)2)16-20(15-19(3)27-14-10-12-22(27)28)23(29)25-24(4,5)17-33(30,31)32;1-2-9-7-5-3-4-6-8(9)10;1-4-6(9)8-7(2,3)5-13(10,11)12;1-2-7-5-3-4-6(7)8;;;;/h18-21H,6-17H2,1-5H3,(H,25,29)(H,30,31,32);2H,1,3-7H2;4H,1,5H2,2-3H3,(H,8,9)(H,10,11,12);2H,1,3-5H2;;;;/q;;;;2*+1;2*-1/p-2. The molecular weight excluding hydrogens is 911 g/mol. The van der Waals surface area contributed by atoms with Gasteiger partial charge in [-0.05, 0) is 124 Å². The SMILES string of the molecule is C=CC(=O)NC(C)(C)CS(=O)(=O)[O-].C=CN1CCCC1=O.C=CN1CCCCCC1=O.CCC(CC(CC(C)N1CCCC1=O)C(=O)NC(C)(C)CS(=O)(=O)[O-])N1CCCCCC1C.[H-].[H-].[Na+].[Na+]. The Kier molecular flexibility index (Phi) is 32.5. The van der Waals surface area contributed by atoms with Crippen molar-refractivity contribution in [1.82, 2.24) is 30.2 Å². The molecule has 0 radical (unpaired) electrons. The maximum absolute atomic E-state index is 13.4. The maximum atomic E-state index is 13.4. The maximum Gasteiger partial charge on any atom is 1.00 e. The van der Waals surface area contributed by atoms with Gasteiger partial charge in [-0.3, -0.25) is 28.9 Å². The minimum atomic E-state index is -4.48. The smallest absolute Gasteiger partial charge is 1.00 e. The molecule has 4 unspecified atom stereocenters. The molecule has 0 aromatic rings. The van der Waals surface area contributed by atoms with Crippen molar-refractivity contribution in [1.29, 1.82) is 0 Å². The van der Waals surface area contributed by atoms with Crippen LogP contribution >= 0.6 is 0 Å². The van der Waals surface area contributed by atoms with E-state index in [-0.39, 0.29) is 104 Å². The van der Waals surface area contributed by atoms with Crippen molar-refractivity contribution < 1.29 is 112 Å². The Morgan fingerprint density at radius 2 is 1.20 bits per heavy atom. The van der Waals surface area contributed by atoms with Crippen LogP contribution in [0.2, 0.25) is 0 Å². The predicted octanol–water partition coefficient (Wildman–Crippen LogP) is -0.993. The van der Waals surface area contributed by atoms with Gasteiger partial charge in [-0.1, -0.05) is 45.9 Å². The molecule has 4 fully saturated rings. The molecule has 0 saturated carbocycles. The Morgan fingerprint density at radius 3 is 1.65 bits per heavy atom. The second-order valence-corrected chi connectivity index (χ2v) is 21.3. The molecule has 0 bridgehead atoms. The van der Waals surface area contributed by atoms with Gasteiger partial charge in [-0.15, -0.1) is 0 Å². The predicted molar refractivity (Wildman–Crippen MR) is 249 cm³/mol. The molecule has 0 aliphatic carbocycles. The van der Waals surface area contributed by atoms with Gasteiger partial charge in [0, 0.05) is 74.0 Å². The minimum absolute atomic E-state index is 0. The molecule has 21 heteroatoms. The van der Waals surface area contributed by atoms with Crippen LogP contribution in [-0.2, 0) is 44.2 Å². The summed E-state index contributed by atoms with van der Waals surface area (Å²) in [5, 5.41) is 5.16. The van der Waals surface area contributed by atoms with Crippen LogP contribution in [0.1, 0.15) is 148 Å². The van der Waals surface area contributed by atoms with Gasteiger partial charge in [0.1, 0.15) is 0 Å². The van der Waals surface area contributed by atoms with Crippen molar-refractivity contribution in [2.75, 3.05) is 37.7 Å². The van der Waals surface area contributed by atoms with E-state index in [2.05, 4.69) is 49.1 Å². The van der Waals surface area contributed by atoms with E-state index in [1.165, 1.54) is 33.1 Å². The zero-order chi connectivity index (χ0) is 48.9. The first kappa shape index (κ1) is 66.4. The summed E-state index contributed by atoms with van der Waals surface area (Å²) in [5.74, 6) is -1.84. The van der Waals surface area contributed by atoms with E-state index in [4.69, 9.17) is 0 Å². The third kappa shape index (κ3) is 27.5. The fourth-order valence-electron chi connectivity index (χ4n) is 8.52. The summed E-state index contributed by atoms with van der Waals surface area (Å²) in [6, 6.07) is 0.628. The molecule has 4 atom stereocenters. The number of nitrogens with one attached hydrogen (secondary N) is 2. The van der Waals surface area contributed by atoms with Gasteiger partial charge in [-0.2, -0.15) is 0 Å². The summed E-state index contributed by atoms with van der Waals surface area (Å²) in [7, 11) is -8.81. The first-order chi connectivity index (χ1) is 29.7. The number of amides is 5. The number of hydrogen-bond acceptors (Lipinski definition) is 12. The molecule has 372 valence electrons. The fraction of sp³-hybridized carbons (Fsp3) is 0.756. The minimum Gasteiger partial charge on any atom is -1.00 e. The summed E-state index contributed by atoms with van der Waals surface area (Å²) >= 11 is 0. The van der Waals surface area contributed by atoms with Crippen LogP contribution in [0.5, 0.6) is 0 Å². The van der Waals surface area contributed by atoms with Crippen LogP contribution in [0.4, 0.5) is 0 Å². The molecule has 5 amide bonds. The Hall–Kier alpha value is -1.65. The average molecular weight is 991 g/mol. The number of carbonyl (C=O) groups is 5. The molecule has 4 aliphatic heterocycles. The zero-order valence-corrected chi connectivity index (χ0v) is 47.2. The van der Waals surface area contributed by atoms with Gasteiger partial charge in [-0.25, -0.2) is 16.8 Å². The molecule has 66 heavy (non-hydrogen) atoms. The third-order valence-electron chi connectivity index (χ3n) is 11.6. The molecule has 4 aliphatic rings. The summed E-state index contributed by atoms with van der Waals surface area (Å²) in [4.78, 5) is 66.0. The van der Waals surface area contributed by atoms with Crippen LogP contribution in [0.3, 0.4) is 0 Å². The molecular formula is C45H80N6Na2O11S2-2. The van der Waals surface area contributed by atoms with Crippen LogP contribution in [0.25, 0.3) is 0 Å². The van der Waals surface area contributed by atoms with Crippen LogP contribution in [0.15, 0.2) is 38.2 Å². The van der Waals surface area contributed by atoms with Gasteiger partial charge >= 0.3 is 59.1 Å². The largest absolute Gasteiger partial charge is 1.00 e. The van der Waals surface area contributed by atoms with Gasteiger partial charge in [0.05, 0.1) is 31.7 Å². The van der Waals surface area contributed by atoms with Gasteiger partial charge < -0.3 is 37.3 Å². The van der Waals surface area contributed by atoms with Gasteiger partial charge in [0.15, 0.2) is 0 Å². The third-order valence-corrected chi connectivity index (χ3v) is 13.7. The van der Waals surface area contributed by atoms with E-state index in [0.29, 0.717) is 44.7 Å². The average Bonchev–Trinajstić information content (AvgIpc) is 3.66. The molecule has 0 aromatic heterocycles. The Bertz CT molecular complexity index is 1810. The van der Waals surface area contributed by atoms with E-state index >= 15 is 0 Å². The number of likely N-dealkylation sites (tertiary alicyclic amines) is 4. The molecule has 0 spiro atoms. The van der Waals surface area contributed by atoms with E-state index in [9.17, 15) is 49.9 Å². The summed E-state index contributed by atoms with van der Waals surface area (Å²) in [5.41, 5.74) is -2.22. The number of carbonyl (C=O) groups excluding carboxylic acids is 5. The van der Waals surface area contributed by atoms with Gasteiger partial charge in [0.2, 0.25) is 29.5 Å². The van der Waals surface area contributed by atoms with Crippen molar-refractivity contribution >= 4 is 49.8 Å². The van der Waals surface area contributed by atoms with Crippen molar-refractivity contribution in [3.8, 4) is 0 Å². The molecule has 4 rings (SSSR count). The van der Waals surface area contributed by atoms with Crippen molar-refractivity contribution in [3.05, 3.63) is 38.2 Å². The monoisotopic (exact) mass is 991 g/mol. The molecule has 0 aromatic carbocycles. The number of hydrogen-bond donors (Lipinski definition) is 2. The second-order valence-electron chi connectivity index (χ2n) is 18.5. The van der Waals surface area contributed by atoms with Crippen LogP contribution in [0, 0.1) is 5.92 Å². The van der Waals surface area contributed by atoms with Crippen LogP contribution in [-0.4, -0.2) is 142 Å². The second kappa shape index (κ2) is 32.3. The first-order valence-electron chi connectivity index (χ1n) is 22.7. The Balaban J connectivity index is -0.000000479. The number of nitrogens with zero attached hydrogens (tertiary/aromatic N) is 4. The van der Waals surface area contributed by atoms with E-state index in [1.54, 1.807) is 36.0 Å². The molecule has 4 heterocycles. The fourth-order valence-corrected chi connectivity index (χ4v) is 10.4. The normalized spacial score (nSPS) is 19.7. The number of rotatable bonds is 17.